The van der Waals surface area contributed by atoms with Crippen LogP contribution in [0.4, 0.5) is 5.13 Å². The van der Waals surface area contributed by atoms with Gasteiger partial charge in [-0.2, -0.15) is 0 Å². The minimum atomic E-state index is 0.0142. The number of hydrogen-bond acceptors (Lipinski definition) is 4. The summed E-state index contributed by atoms with van der Waals surface area (Å²) in [6, 6.07) is 7.92. The van der Waals surface area contributed by atoms with Crippen LogP contribution in [-0.2, 0) is 18.5 Å². The van der Waals surface area contributed by atoms with Crippen LogP contribution < -0.4 is 10.6 Å². The maximum atomic E-state index is 6.04. The van der Waals surface area contributed by atoms with Crippen LogP contribution in [0.15, 0.2) is 24.3 Å². The lowest BCUT2D eigenvalue weighted by atomic mass is 9.91. The van der Waals surface area contributed by atoms with Gasteiger partial charge in [0.15, 0.2) is 5.13 Å². The van der Waals surface area contributed by atoms with Crippen LogP contribution >= 0.6 is 22.9 Å². The Balaban J connectivity index is 2.23. The lowest BCUT2D eigenvalue weighted by molar-refractivity contribution is 0.566. The predicted octanol–water partition coefficient (Wildman–Crippen LogP) is 4.19. The van der Waals surface area contributed by atoms with Crippen molar-refractivity contribution in [2.24, 2.45) is 5.73 Å². The Kier molecular flexibility index (Phi) is 4.91. The molecule has 0 atom stereocenters. The molecule has 5 heteroatoms. The molecule has 1 aromatic heterocycles. The number of nitrogens with zero attached hydrogens (tertiary/aromatic N) is 2. The van der Waals surface area contributed by atoms with Gasteiger partial charge in [-0.1, -0.05) is 44.5 Å². The first-order chi connectivity index (χ1) is 9.81. The zero-order valence-electron chi connectivity index (χ0n) is 13.0. The van der Waals surface area contributed by atoms with Gasteiger partial charge in [0, 0.05) is 35.5 Å². The number of benzene rings is 1. The van der Waals surface area contributed by atoms with Gasteiger partial charge in [-0.05, 0) is 17.7 Å². The van der Waals surface area contributed by atoms with Crippen molar-refractivity contribution in [2.75, 3.05) is 11.9 Å². The van der Waals surface area contributed by atoms with E-state index < -0.39 is 0 Å². The molecular formula is C16H22ClN3S. The second kappa shape index (κ2) is 6.34. The highest BCUT2D eigenvalue weighted by Crippen LogP contribution is 2.33. The molecule has 0 aliphatic rings. The van der Waals surface area contributed by atoms with Crippen molar-refractivity contribution in [1.29, 1.82) is 0 Å². The third kappa shape index (κ3) is 3.96. The van der Waals surface area contributed by atoms with Gasteiger partial charge in [0.25, 0.3) is 0 Å². The Hall–Kier alpha value is -1.10. The molecule has 2 rings (SSSR count). The van der Waals surface area contributed by atoms with Gasteiger partial charge in [0.05, 0.1) is 5.69 Å². The maximum Gasteiger partial charge on any atom is 0.185 e. The van der Waals surface area contributed by atoms with E-state index in [2.05, 4.69) is 31.7 Å². The first-order valence-corrected chi connectivity index (χ1v) is 8.16. The topological polar surface area (TPSA) is 42.2 Å². The van der Waals surface area contributed by atoms with E-state index in [0.29, 0.717) is 6.54 Å². The molecular weight excluding hydrogens is 302 g/mol. The lowest BCUT2D eigenvalue weighted by Gasteiger charge is -2.18. The van der Waals surface area contributed by atoms with Crippen molar-refractivity contribution in [3.8, 4) is 0 Å². The van der Waals surface area contributed by atoms with Crippen molar-refractivity contribution in [2.45, 2.75) is 39.3 Å². The van der Waals surface area contributed by atoms with E-state index in [1.807, 2.05) is 25.2 Å². The summed E-state index contributed by atoms with van der Waals surface area (Å²) in [5, 5.41) is 1.76. The summed E-state index contributed by atoms with van der Waals surface area (Å²) in [6.45, 7) is 7.82. The predicted molar refractivity (Wildman–Crippen MR) is 92.3 cm³/mol. The maximum absolute atomic E-state index is 6.04. The molecule has 114 valence electrons. The summed E-state index contributed by atoms with van der Waals surface area (Å²) >= 11 is 7.71. The molecule has 3 nitrogen and oxygen atoms in total. The number of aromatic nitrogens is 1. The van der Waals surface area contributed by atoms with Gasteiger partial charge in [0.1, 0.15) is 0 Å². The highest BCUT2D eigenvalue weighted by molar-refractivity contribution is 7.15. The summed E-state index contributed by atoms with van der Waals surface area (Å²) in [7, 11) is 2.05. The SMILES string of the molecule is CN(Cc1cccc(Cl)c1)c1nc(C(C)(C)C)c(CN)s1. The summed E-state index contributed by atoms with van der Waals surface area (Å²) in [4.78, 5) is 8.11. The molecule has 0 radical (unpaired) electrons. The van der Waals surface area contributed by atoms with Crippen LogP contribution in [0.3, 0.4) is 0 Å². The average Bonchev–Trinajstić information content (AvgIpc) is 2.82. The molecule has 0 amide bonds. The normalized spacial score (nSPS) is 11.7. The fraction of sp³-hybridized carbons (Fsp3) is 0.438. The zero-order valence-corrected chi connectivity index (χ0v) is 14.6. The molecule has 0 saturated heterocycles. The molecule has 0 fully saturated rings. The van der Waals surface area contributed by atoms with E-state index in [1.54, 1.807) is 11.3 Å². The first kappa shape index (κ1) is 16.3. The Morgan fingerprint density at radius 1 is 1.33 bits per heavy atom. The molecule has 0 bridgehead atoms. The third-order valence-corrected chi connectivity index (χ3v) is 4.64. The molecule has 0 aliphatic carbocycles. The van der Waals surface area contributed by atoms with E-state index in [4.69, 9.17) is 22.3 Å². The fourth-order valence-electron chi connectivity index (χ4n) is 2.20. The standard InChI is InChI=1S/C16H22ClN3S/c1-16(2,3)14-13(9-18)21-15(19-14)20(4)10-11-6-5-7-12(17)8-11/h5-8H,9-10,18H2,1-4H3. The van der Waals surface area contributed by atoms with Gasteiger partial charge in [-0.15, -0.1) is 11.3 Å². The number of rotatable bonds is 4. The second-order valence-corrected chi connectivity index (χ2v) is 7.71. The summed E-state index contributed by atoms with van der Waals surface area (Å²) in [5.74, 6) is 0. The van der Waals surface area contributed by atoms with Gasteiger partial charge in [-0.3, -0.25) is 0 Å². The van der Waals surface area contributed by atoms with Gasteiger partial charge in [-0.25, -0.2) is 4.98 Å². The number of thiazole rings is 1. The number of anilines is 1. The highest BCUT2D eigenvalue weighted by Gasteiger charge is 2.23. The largest absolute Gasteiger partial charge is 0.347 e. The molecule has 21 heavy (non-hydrogen) atoms. The van der Waals surface area contributed by atoms with E-state index >= 15 is 0 Å². The smallest absolute Gasteiger partial charge is 0.185 e. The number of hydrogen-bond donors (Lipinski definition) is 1. The van der Waals surface area contributed by atoms with Crippen LogP contribution in [0.25, 0.3) is 0 Å². The molecule has 2 N–H and O–H groups in total. The Labute approximate surface area is 135 Å². The third-order valence-electron chi connectivity index (χ3n) is 3.22. The van der Waals surface area contributed by atoms with E-state index in [9.17, 15) is 0 Å². The molecule has 0 unspecified atom stereocenters. The summed E-state index contributed by atoms with van der Waals surface area (Å²) in [5.41, 5.74) is 8.15. The molecule has 1 heterocycles. The van der Waals surface area contributed by atoms with Crippen LogP contribution in [0.2, 0.25) is 5.02 Å². The Morgan fingerprint density at radius 2 is 2.05 bits per heavy atom. The molecule has 0 saturated carbocycles. The fourth-order valence-corrected chi connectivity index (χ4v) is 3.53. The van der Waals surface area contributed by atoms with Crippen molar-refractivity contribution >= 4 is 28.1 Å². The molecule has 1 aromatic carbocycles. The Morgan fingerprint density at radius 3 is 2.57 bits per heavy atom. The Bertz CT molecular complexity index is 616. The van der Waals surface area contributed by atoms with Crippen molar-refractivity contribution in [3.05, 3.63) is 45.4 Å². The average molecular weight is 324 g/mol. The minimum absolute atomic E-state index is 0.0142. The van der Waals surface area contributed by atoms with Gasteiger partial charge >= 0.3 is 0 Å². The zero-order chi connectivity index (χ0) is 15.6. The summed E-state index contributed by atoms with van der Waals surface area (Å²) in [6.07, 6.45) is 0. The highest BCUT2D eigenvalue weighted by atomic mass is 35.5. The van der Waals surface area contributed by atoms with E-state index in [0.717, 1.165) is 27.3 Å². The second-order valence-electron chi connectivity index (χ2n) is 6.21. The lowest BCUT2D eigenvalue weighted by Crippen LogP contribution is -2.18. The monoisotopic (exact) mass is 323 g/mol. The molecule has 0 spiro atoms. The van der Waals surface area contributed by atoms with Gasteiger partial charge < -0.3 is 10.6 Å². The molecule has 2 aromatic rings. The van der Waals surface area contributed by atoms with Crippen molar-refractivity contribution < 1.29 is 0 Å². The van der Waals surface area contributed by atoms with Crippen LogP contribution in [0.1, 0.15) is 36.9 Å². The first-order valence-electron chi connectivity index (χ1n) is 6.97. The van der Waals surface area contributed by atoms with Crippen molar-refractivity contribution in [3.63, 3.8) is 0 Å². The van der Waals surface area contributed by atoms with E-state index in [-0.39, 0.29) is 5.41 Å². The van der Waals surface area contributed by atoms with Crippen LogP contribution in [-0.4, -0.2) is 12.0 Å². The van der Waals surface area contributed by atoms with E-state index in [1.165, 1.54) is 5.56 Å². The number of halogens is 1. The van der Waals surface area contributed by atoms with Crippen molar-refractivity contribution in [1.82, 2.24) is 4.98 Å². The quantitative estimate of drug-likeness (QED) is 0.917. The van der Waals surface area contributed by atoms with Gasteiger partial charge in [0.2, 0.25) is 0 Å². The van der Waals surface area contributed by atoms with Crippen LogP contribution in [0, 0.1) is 0 Å². The van der Waals surface area contributed by atoms with Crippen LogP contribution in [0.5, 0.6) is 0 Å². The molecule has 0 aliphatic heterocycles. The minimum Gasteiger partial charge on any atom is -0.347 e. The number of nitrogens with two attached hydrogens (primary N) is 1. The summed E-state index contributed by atoms with van der Waals surface area (Å²) < 4.78 is 0.